The fourth-order valence-electron chi connectivity index (χ4n) is 3.36. The van der Waals surface area contributed by atoms with Crippen molar-refractivity contribution in [1.82, 2.24) is 5.32 Å². The maximum Gasteiger partial charge on any atom is 0.147 e. The molecule has 0 spiro atoms. The van der Waals surface area contributed by atoms with Crippen LogP contribution in [0.4, 0.5) is 0 Å². The van der Waals surface area contributed by atoms with E-state index in [1.165, 1.54) is 25.5 Å². The first-order chi connectivity index (χ1) is 8.63. The summed E-state index contributed by atoms with van der Waals surface area (Å²) < 4.78 is 22.8. The minimum absolute atomic E-state index is 0.341. The van der Waals surface area contributed by atoms with Crippen molar-refractivity contribution in [3.8, 4) is 0 Å². The molecule has 1 N–H and O–H groups in total. The molecular weight excluding hydrogens is 258 g/mol. The lowest BCUT2D eigenvalue weighted by atomic mass is 9.65. The Kier molecular flexibility index (Phi) is 5.87. The van der Waals surface area contributed by atoms with Crippen LogP contribution < -0.4 is 5.32 Å². The van der Waals surface area contributed by atoms with Crippen LogP contribution in [0.3, 0.4) is 0 Å². The zero-order valence-electron chi connectivity index (χ0n) is 13.2. The standard InChI is InChI=1S/C15H31NO2S/c1-15(2,3)14-7-6-13(11-16-4)12(10-14)8-9-19(5,17)18/h12-14,16H,6-11H2,1-5H3. The second kappa shape index (κ2) is 6.57. The molecule has 0 saturated heterocycles. The zero-order chi connectivity index (χ0) is 14.7. The Morgan fingerprint density at radius 2 is 1.79 bits per heavy atom. The molecule has 0 bridgehead atoms. The van der Waals surface area contributed by atoms with E-state index in [1.807, 2.05) is 7.05 Å². The summed E-state index contributed by atoms with van der Waals surface area (Å²) in [6.45, 7) is 7.95. The highest BCUT2D eigenvalue weighted by atomic mass is 32.2. The van der Waals surface area contributed by atoms with Crippen molar-refractivity contribution in [2.24, 2.45) is 23.2 Å². The molecule has 0 aromatic rings. The van der Waals surface area contributed by atoms with Crippen molar-refractivity contribution < 1.29 is 8.42 Å². The topological polar surface area (TPSA) is 46.2 Å². The Bertz CT molecular complexity index is 370. The summed E-state index contributed by atoms with van der Waals surface area (Å²) in [6.07, 6.45) is 5.88. The molecular formula is C15H31NO2S. The van der Waals surface area contributed by atoms with Crippen molar-refractivity contribution >= 4 is 9.84 Å². The number of hydrogen-bond donors (Lipinski definition) is 1. The highest BCUT2D eigenvalue weighted by Crippen LogP contribution is 2.43. The summed E-state index contributed by atoms with van der Waals surface area (Å²) in [5, 5.41) is 3.27. The molecule has 3 atom stereocenters. The van der Waals surface area contributed by atoms with Crippen LogP contribution in [0, 0.1) is 23.2 Å². The lowest BCUT2D eigenvalue weighted by molar-refractivity contribution is 0.0964. The van der Waals surface area contributed by atoms with Crippen LogP contribution in [0.5, 0.6) is 0 Å². The zero-order valence-corrected chi connectivity index (χ0v) is 14.0. The van der Waals surface area contributed by atoms with Crippen LogP contribution in [-0.2, 0) is 9.84 Å². The Labute approximate surface area is 119 Å². The van der Waals surface area contributed by atoms with E-state index >= 15 is 0 Å². The number of sulfone groups is 1. The average molecular weight is 289 g/mol. The molecule has 19 heavy (non-hydrogen) atoms. The number of rotatable bonds is 5. The van der Waals surface area contributed by atoms with Gasteiger partial charge >= 0.3 is 0 Å². The van der Waals surface area contributed by atoms with E-state index in [-0.39, 0.29) is 0 Å². The molecule has 1 aliphatic carbocycles. The van der Waals surface area contributed by atoms with E-state index < -0.39 is 9.84 Å². The molecule has 1 fully saturated rings. The summed E-state index contributed by atoms with van der Waals surface area (Å²) in [5.74, 6) is 2.27. The molecule has 0 aromatic carbocycles. The SMILES string of the molecule is CNCC1CCC(C(C)(C)C)CC1CCS(C)(=O)=O. The maximum absolute atomic E-state index is 11.4. The Morgan fingerprint density at radius 3 is 2.26 bits per heavy atom. The molecule has 1 saturated carbocycles. The fraction of sp³-hybridized carbons (Fsp3) is 1.00. The maximum atomic E-state index is 11.4. The summed E-state index contributed by atoms with van der Waals surface area (Å²) in [6, 6.07) is 0. The molecule has 3 unspecified atom stereocenters. The number of nitrogens with one attached hydrogen (secondary N) is 1. The minimum atomic E-state index is -2.84. The van der Waals surface area contributed by atoms with Gasteiger partial charge in [-0.3, -0.25) is 0 Å². The Balaban J connectivity index is 2.68. The first kappa shape index (κ1) is 17.0. The van der Waals surface area contributed by atoms with Crippen molar-refractivity contribution in [1.29, 1.82) is 0 Å². The van der Waals surface area contributed by atoms with E-state index in [4.69, 9.17) is 0 Å². The van der Waals surface area contributed by atoms with Crippen molar-refractivity contribution in [2.75, 3.05) is 25.6 Å². The largest absolute Gasteiger partial charge is 0.319 e. The normalized spacial score (nSPS) is 29.4. The van der Waals surface area contributed by atoms with Gasteiger partial charge in [-0.05, 0) is 62.4 Å². The van der Waals surface area contributed by atoms with Gasteiger partial charge in [-0.15, -0.1) is 0 Å². The lowest BCUT2D eigenvalue weighted by Crippen LogP contribution is -2.36. The quantitative estimate of drug-likeness (QED) is 0.846. The van der Waals surface area contributed by atoms with Crippen molar-refractivity contribution in [2.45, 2.75) is 46.5 Å². The van der Waals surface area contributed by atoms with Crippen LogP contribution in [0.15, 0.2) is 0 Å². The fourth-order valence-corrected chi connectivity index (χ4v) is 4.09. The van der Waals surface area contributed by atoms with Crippen LogP contribution in [0.2, 0.25) is 0 Å². The van der Waals surface area contributed by atoms with E-state index in [1.54, 1.807) is 0 Å². The molecule has 0 aromatic heterocycles. The smallest absolute Gasteiger partial charge is 0.147 e. The van der Waals surface area contributed by atoms with Gasteiger partial charge in [0.25, 0.3) is 0 Å². The molecule has 3 nitrogen and oxygen atoms in total. The first-order valence-corrected chi connectivity index (χ1v) is 9.52. The Hall–Kier alpha value is -0.0900. The molecule has 0 amide bonds. The molecule has 0 heterocycles. The first-order valence-electron chi connectivity index (χ1n) is 7.46. The van der Waals surface area contributed by atoms with Gasteiger partial charge < -0.3 is 5.32 Å². The second-order valence-corrected chi connectivity index (χ2v) is 9.63. The summed E-state index contributed by atoms with van der Waals surface area (Å²) in [4.78, 5) is 0. The van der Waals surface area contributed by atoms with Gasteiger partial charge in [0.05, 0.1) is 5.75 Å². The predicted octanol–water partition coefficient (Wildman–Crippen LogP) is 2.72. The third-order valence-corrected chi connectivity index (χ3v) is 5.67. The van der Waals surface area contributed by atoms with E-state index in [0.29, 0.717) is 23.0 Å². The predicted molar refractivity (Wildman–Crippen MR) is 82.0 cm³/mol. The van der Waals surface area contributed by atoms with Gasteiger partial charge in [0, 0.05) is 6.26 Å². The third kappa shape index (κ3) is 5.82. The molecule has 0 aliphatic heterocycles. The van der Waals surface area contributed by atoms with Crippen LogP contribution in [0.1, 0.15) is 46.5 Å². The minimum Gasteiger partial charge on any atom is -0.319 e. The van der Waals surface area contributed by atoms with Gasteiger partial charge in [0.15, 0.2) is 0 Å². The summed E-state index contributed by atoms with van der Waals surface area (Å²) in [7, 11) is -0.846. The van der Waals surface area contributed by atoms with E-state index in [0.717, 1.165) is 18.9 Å². The molecule has 1 aliphatic rings. The third-order valence-electron chi connectivity index (χ3n) is 4.69. The second-order valence-electron chi connectivity index (χ2n) is 7.37. The monoisotopic (exact) mass is 289 g/mol. The van der Waals surface area contributed by atoms with Crippen LogP contribution >= 0.6 is 0 Å². The molecule has 4 heteroatoms. The molecule has 114 valence electrons. The van der Waals surface area contributed by atoms with Crippen molar-refractivity contribution in [3.05, 3.63) is 0 Å². The van der Waals surface area contributed by atoms with Crippen LogP contribution in [-0.4, -0.2) is 34.0 Å². The highest BCUT2D eigenvalue weighted by Gasteiger charge is 2.35. The number of hydrogen-bond acceptors (Lipinski definition) is 3. The van der Waals surface area contributed by atoms with E-state index in [9.17, 15) is 8.42 Å². The van der Waals surface area contributed by atoms with Crippen LogP contribution in [0.25, 0.3) is 0 Å². The van der Waals surface area contributed by atoms with E-state index in [2.05, 4.69) is 26.1 Å². The molecule has 1 rings (SSSR count). The average Bonchev–Trinajstić information content (AvgIpc) is 2.25. The summed E-state index contributed by atoms with van der Waals surface area (Å²) >= 11 is 0. The van der Waals surface area contributed by atoms with Gasteiger partial charge in [0.1, 0.15) is 9.84 Å². The summed E-state index contributed by atoms with van der Waals surface area (Å²) in [5.41, 5.74) is 0.341. The van der Waals surface area contributed by atoms with Gasteiger partial charge in [-0.1, -0.05) is 20.8 Å². The highest BCUT2D eigenvalue weighted by molar-refractivity contribution is 7.90. The van der Waals surface area contributed by atoms with Crippen molar-refractivity contribution in [3.63, 3.8) is 0 Å². The van der Waals surface area contributed by atoms with Gasteiger partial charge in [-0.2, -0.15) is 0 Å². The molecule has 0 radical (unpaired) electrons. The van der Waals surface area contributed by atoms with Gasteiger partial charge in [-0.25, -0.2) is 8.42 Å². The Morgan fingerprint density at radius 1 is 1.16 bits per heavy atom. The lowest BCUT2D eigenvalue weighted by Gasteiger charge is -2.42. The van der Waals surface area contributed by atoms with Gasteiger partial charge in [0.2, 0.25) is 0 Å².